The van der Waals surface area contributed by atoms with Crippen LogP contribution in [0.4, 0.5) is 0 Å². The van der Waals surface area contributed by atoms with Gasteiger partial charge in [-0.3, -0.25) is 4.79 Å². The number of rotatable bonds is 7. The molecule has 0 saturated heterocycles. The number of amides is 1. The van der Waals surface area contributed by atoms with Crippen LogP contribution in [0.5, 0.6) is 0 Å². The first-order valence-electron chi connectivity index (χ1n) is 5.79. The minimum atomic E-state index is -1.10. The van der Waals surface area contributed by atoms with Crippen LogP contribution in [-0.2, 0) is 20.7 Å². The fourth-order valence-corrected chi connectivity index (χ4v) is 2.04. The van der Waals surface area contributed by atoms with E-state index in [0.29, 0.717) is 6.42 Å². The molecular weight excluding hydrogens is 314 g/mol. The second-order valence-corrected chi connectivity index (χ2v) is 4.86. The zero-order valence-electron chi connectivity index (χ0n) is 10.6. The average Bonchev–Trinajstić information content (AvgIpc) is 2.37. The van der Waals surface area contributed by atoms with E-state index < -0.39 is 12.0 Å². The predicted molar refractivity (Wildman–Crippen MR) is 73.9 cm³/mol. The second kappa shape index (κ2) is 7.91. The van der Waals surface area contributed by atoms with Gasteiger partial charge >= 0.3 is 5.97 Å². The van der Waals surface area contributed by atoms with Gasteiger partial charge in [-0.25, -0.2) is 4.79 Å². The lowest BCUT2D eigenvalue weighted by Crippen LogP contribution is -2.43. The largest absolute Gasteiger partial charge is 0.480 e. The lowest BCUT2D eigenvalue weighted by atomic mass is 10.1. The third-order valence-corrected chi connectivity index (χ3v) is 3.32. The van der Waals surface area contributed by atoms with E-state index in [0.717, 1.165) is 10.0 Å². The predicted octanol–water partition coefficient (Wildman–Crippen LogP) is 1.60. The molecule has 1 rings (SSSR count). The van der Waals surface area contributed by atoms with Crippen molar-refractivity contribution in [1.29, 1.82) is 0 Å². The summed E-state index contributed by atoms with van der Waals surface area (Å²) in [4.78, 5) is 22.5. The van der Waals surface area contributed by atoms with Gasteiger partial charge in [0, 0.05) is 18.0 Å². The van der Waals surface area contributed by atoms with Crippen LogP contribution in [0.2, 0.25) is 0 Å². The van der Waals surface area contributed by atoms with Crippen LogP contribution in [0.15, 0.2) is 28.7 Å². The van der Waals surface area contributed by atoms with E-state index in [9.17, 15) is 9.59 Å². The highest BCUT2D eigenvalue weighted by atomic mass is 79.9. The summed E-state index contributed by atoms with van der Waals surface area (Å²) in [5.74, 6) is -1.41. The zero-order valence-corrected chi connectivity index (χ0v) is 12.1. The molecule has 104 valence electrons. The molecule has 0 saturated carbocycles. The molecule has 0 aromatic heterocycles. The molecule has 6 heteroatoms. The van der Waals surface area contributed by atoms with E-state index in [1.807, 2.05) is 24.3 Å². The molecular formula is C13H16BrNO4. The Kier molecular flexibility index (Phi) is 6.52. The van der Waals surface area contributed by atoms with Gasteiger partial charge in [0.25, 0.3) is 0 Å². The van der Waals surface area contributed by atoms with Crippen LogP contribution in [0.1, 0.15) is 12.0 Å². The number of aryl methyl sites for hydroxylation is 1. The van der Waals surface area contributed by atoms with E-state index in [-0.39, 0.29) is 18.9 Å². The summed E-state index contributed by atoms with van der Waals surface area (Å²) in [5, 5.41) is 11.3. The van der Waals surface area contributed by atoms with Crippen molar-refractivity contribution in [3.8, 4) is 0 Å². The number of hydrogen-bond donors (Lipinski definition) is 2. The Balaban J connectivity index is 2.47. The molecule has 1 amide bonds. The van der Waals surface area contributed by atoms with Crippen LogP contribution >= 0.6 is 15.9 Å². The molecule has 1 aromatic rings. The topological polar surface area (TPSA) is 75.6 Å². The Hall–Kier alpha value is -1.40. The molecule has 0 aliphatic carbocycles. The number of methoxy groups -OCH3 is 1. The monoisotopic (exact) mass is 329 g/mol. The molecule has 1 aromatic carbocycles. The fourth-order valence-electron chi connectivity index (χ4n) is 1.56. The Morgan fingerprint density at radius 1 is 1.42 bits per heavy atom. The normalized spacial score (nSPS) is 11.9. The van der Waals surface area contributed by atoms with Crippen molar-refractivity contribution >= 4 is 27.8 Å². The number of carboxylic acid groups (broad SMARTS) is 1. The molecule has 5 nitrogen and oxygen atoms in total. The first-order chi connectivity index (χ1) is 9.04. The van der Waals surface area contributed by atoms with E-state index >= 15 is 0 Å². The zero-order chi connectivity index (χ0) is 14.3. The van der Waals surface area contributed by atoms with E-state index in [4.69, 9.17) is 9.84 Å². The Morgan fingerprint density at radius 2 is 2.11 bits per heavy atom. The Bertz CT molecular complexity index is 450. The third kappa shape index (κ3) is 5.40. The summed E-state index contributed by atoms with van der Waals surface area (Å²) in [5.41, 5.74) is 1.01. The summed E-state index contributed by atoms with van der Waals surface area (Å²) in [6.45, 7) is -0.0455. The smallest absolute Gasteiger partial charge is 0.328 e. The quantitative estimate of drug-likeness (QED) is 0.796. The number of carboxylic acids is 1. The summed E-state index contributed by atoms with van der Waals surface area (Å²) in [7, 11) is 1.39. The summed E-state index contributed by atoms with van der Waals surface area (Å²) < 4.78 is 5.68. The Morgan fingerprint density at radius 3 is 2.68 bits per heavy atom. The minimum absolute atomic E-state index is 0.0455. The van der Waals surface area contributed by atoms with Crippen LogP contribution in [0.3, 0.4) is 0 Å². The van der Waals surface area contributed by atoms with Crippen molar-refractivity contribution in [3.63, 3.8) is 0 Å². The number of nitrogens with one attached hydrogen (secondary N) is 1. The van der Waals surface area contributed by atoms with Crippen molar-refractivity contribution in [3.05, 3.63) is 34.3 Å². The molecule has 0 aliphatic heterocycles. The van der Waals surface area contributed by atoms with Gasteiger partial charge < -0.3 is 15.2 Å². The van der Waals surface area contributed by atoms with Gasteiger partial charge in [0.2, 0.25) is 5.91 Å². The van der Waals surface area contributed by atoms with Crippen molar-refractivity contribution in [1.82, 2.24) is 5.32 Å². The first-order valence-corrected chi connectivity index (χ1v) is 6.58. The highest BCUT2D eigenvalue weighted by Gasteiger charge is 2.19. The van der Waals surface area contributed by atoms with Crippen molar-refractivity contribution < 1.29 is 19.4 Å². The molecule has 0 fully saturated rings. The summed E-state index contributed by atoms with van der Waals surface area (Å²) >= 11 is 3.40. The molecule has 0 bridgehead atoms. The van der Waals surface area contributed by atoms with Crippen LogP contribution in [0, 0.1) is 0 Å². The number of carbonyl (C=O) groups is 2. The van der Waals surface area contributed by atoms with Gasteiger partial charge in [-0.05, 0) is 18.1 Å². The number of ether oxygens (including phenoxy) is 1. The van der Waals surface area contributed by atoms with Crippen LogP contribution in [-0.4, -0.2) is 36.7 Å². The van der Waals surface area contributed by atoms with Crippen molar-refractivity contribution in [2.75, 3.05) is 13.7 Å². The molecule has 2 N–H and O–H groups in total. The van der Waals surface area contributed by atoms with E-state index in [1.165, 1.54) is 7.11 Å². The summed E-state index contributed by atoms with van der Waals surface area (Å²) in [6, 6.07) is 6.60. The fraction of sp³-hybridized carbons (Fsp3) is 0.385. The number of halogens is 1. The highest BCUT2D eigenvalue weighted by molar-refractivity contribution is 9.10. The number of hydrogen-bond acceptors (Lipinski definition) is 3. The molecule has 0 heterocycles. The van der Waals surface area contributed by atoms with Gasteiger partial charge in [0.1, 0.15) is 0 Å². The molecule has 19 heavy (non-hydrogen) atoms. The van der Waals surface area contributed by atoms with Gasteiger partial charge in [-0.1, -0.05) is 34.1 Å². The lowest BCUT2D eigenvalue weighted by Gasteiger charge is -2.13. The van der Waals surface area contributed by atoms with Gasteiger partial charge in [-0.15, -0.1) is 0 Å². The second-order valence-electron chi connectivity index (χ2n) is 4.01. The maximum atomic E-state index is 11.7. The number of benzene rings is 1. The van der Waals surface area contributed by atoms with Crippen LogP contribution in [0.25, 0.3) is 0 Å². The number of carbonyl (C=O) groups excluding carboxylic acids is 1. The van der Waals surface area contributed by atoms with E-state index in [2.05, 4.69) is 21.2 Å². The van der Waals surface area contributed by atoms with Crippen LogP contribution < -0.4 is 5.32 Å². The van der Waals surface area contributed by atoms with Crippen molar-refractivity contribution in [2.24, 2.45) is 0 Å². The van der Waals surface area contributed by atoms with Gasteiger partial charge in [-0.2, -0.15) is 0 Å². The van der Waals surface area contributed by atoms with Crippen molar-refractivity contribution in [2.45, 2.75) is 18.9 Å². The summed E-state index contributed by atoms with van der Waals surface area (Å²) in [6.07, 6.45) is 0.780. The maximum absolute atomic E-state index is 11.7. The third-order valence-electron chi connectivity index (χ3n) is 2.55. The molecule has 1 atom stereocenters. The van der Waals surface area contributed by atoms with Gasteiger partial charge in [0.05, 0.1) is 6.61 Å². The molecule has 0 aliphatic rings. The minimum Gasteiger partial charge on any atom is -0.480 e. The molecule has 0 radical (unpaired) electrons. The average molecular weight is 330 g/mol. The SMILES string of the molecule is COCC(NC(=O)CCc1ccccc1Br)C(=O)O. The Labute approximate surface area is 120 Å². The maximum Gasteiger partial charge on any atom is 0.328 e. The molecule has 1 unspecified atom stereocenters. The molecule has 0 spiro atoms. The highest BCUT2D eigenvalue weighted by Crippen LogP contribution is 2.17. The standard InChI is InChI=1S/C13H16BrNO4/c1-19-8-11(13(17)18)15-12(16)7-6-9-4-2-3-5-10(9)14/h2-5,11H,6-8H2,1H3,(H,15,16)(H,17,18). The first kappa shape index (κ1) is 15.7. The van der Waals surface area contributed by atoms with E-state index in [1.54, 1.807) is 0 Å². The lowest BCUT2D eigenvalue weighted by molar-refractivity contribution is -0.143. The number of aliphatic carboxylic acids is 1. The van der Waals surface area contributed by atoms with Gasteiger partial charge in [0.15, 0.2) is 6.04 Å².